The fourth-order valence-electron chi connectivity index (χ4n) is 2.32. The summed E-state index contributed by atoms with van der Waals surface area (Å²) in [4.78, 5) is 5.84. The van der Waals surface area contributed by atoms with Gasteiger partial charge in [0.05, 0.1) is 10.7 Å². The van der Waals surface area contributed by atoms with Crippen LogP contribution in [-0.2, 0) is 6.54 Å². The average molecular weight is 250 g/mol. The van der Waals surface area contributed by atoms with E-state index in [-0.39, 0.29) is 0 Å². The zero-order valence-corrected chi connectivity index (χ0v) is 11.7. The molecule has 0 radical (unpaired) electrons. The van der Waals surface area contributed by atoms with Crippen LogP contribution in [0.4, 0.5) is 0 Å². The highest BCUT2D eigenvalue weighted by atomic mass is 32.1. The second-order valence-electron chi connectivity index (χ2n) is 4.78. The molecule has 0 saturated heterocycles. The van der Waals surface area contributed by atoms with Gasteiger partial charge in [0.15, 0.2) is 0 Å². The van der Waals surface area contributed by atoms with Crippen molar-refractivity contribution in [2.45, 2.75) is 52.5 Å². The third-order valence-corrected chi connectivity index (χ3v) is 4.37. The highest BCUT2D eigenvalue weighted by Gasteiger charge is 2.05. The van der Waals surface area contributed by atoms with Gasteiger partial charge in [-0.2, -0.15) is 0 Å². The van der Waals surface area contributed by atoms with Crippen molar-refractivity contribution in [1.29, 1.82) is 0 Å². The minimum absolute atomic E-state index is 0.977. The van der Waals surface area contributed by atoms with Crippen molar-refractivity contribution in [3.63, 3.8) is 0 Å². The van der Waals surface area contributed by atoms with Crippen LogP contribution < -0.4 is 5.32 Å². The number of hydrogen-bond acceptors (Lipinski definition) is 3. The van der Waals surface area contributed by atoms with E-state index in [1.54, 1.807) is 5.57 Å². The number of rotatable bonds is 5. The molecular weight excluding hydrogens is 228 g/mol. The van der Waals surface area contributed by atoms with Gasteiger partial charge in [0.2, 0.25) is 0 Å². The maximum Gasteiger partial charge on any atom is 0.0900 e. The predicted octanol–water partition coefficient (Wildman–Crippen LogP) is 3.74. The standard InChI is InChI=1S/C14H22N2S/c1-11-14(17-12(2)16-11)10-15-9-8-13-6-4-3-5-7-13/h6,15H,3-5,7-10H2,1-2H3. The Morgan fingerprint density at radius 3 is 2.88 bits per heavy atom. The normalized spacial score (nSPS) is 16.0. The Hall–Kier alpha value is -0.670. The first-order chi connectivity index (χ1) is 8.25. The molecular formula is C14H22N2S. The van der Waals surface area contributed by atoms with Crippen LogP contribution in [0.3, 0.4) is 0 Å². The average Bonchev–Trinajstić information content (AvgIpc) is 2.65. The molecule has 0 spiro atoms. The van der Waals surface area contributed by atoms with E-state index < -0.39 is 0 Å². The molecule has 2 nitrogen and oxygen atoms in total. The summed E-state index contributed by atoms with van der Waals surface area (Å²) in [6.07, 6.45) is 9.04. The lowest BCUT2D eigenvalue weighted by Gasteiger charge is -2.12. The van der Waals surface area contributed by atoms with Crippen LogP contribution >= 0.6 is 11.3 Å². The van der Waals surface area contributed by atoms with Crippen molar-refractivity contribution in [3.8, 4) is 0 Å². The summed E-state index contributed by atoms with van der Waals surface area (Å²) in [5, 5.41) is 4.71. The summed E-state index contributed by atoms with van der Waals surface area (Å²) < 4.78 is 0. The van der Waals surface area contributed by atoms with E-state index in [4.69, 9.17) is 0 Å². The molecule has 94 valence electrons. The van der Waals surface area contributed by atoms with Crippen LogP contribution in [0.1, 0.15) is 47.7 Å². The Balaban J connectivity index is 1.69. The summed E-state index contributed by atoms with van der Waals surface area (Å²) in [7, 11) is 0. The number of allylic oxidation sites excluding steroid dienone is 1. The highest BCUT2D eigenvalue weighted by Crippen LogP contribution is 2.20. The van der Waals surface area contributed by atoms with Crippen LogP contribution in [0.15, 0.2) is 11.6 Å². The fourth-order valence-corrected chi connectivity index (χ4v) is 3.23. The molecule has 1 N–H and O–H groups in total. The smallest absolute Gasteiger partial charge is 0.0900 e. The molecule has 0 bridgehead atoms. The van der Waals surface area contributed by atoms with E-state index in [0.717, 1.165) is 13.1 Å². The maximum absolute atomic E-state index is 4.45. The van der Waals surface area contributed by atoms with Gasteiger partial charge >= 0.3 is 0 Å². The minimum atomic E-state index is 0.977. The molecule has 1 aromatic rings. The summed E-state index contributed by atoms with van der Waals surface area (Å²) in [6, 6.07) is 0. The fraction of sp³-hybridized carbons (Fsp3) is 0.643. The lowest BCUT2D eigenvalue weighted by Crippen LogP contribution is -2.15. The van der Waals surface area contributed by atoms with Gasteiger partial charge in [-0.15, -0.1) is 11.3 Å². The van der Waals surface area contributed by atoms with Crippen LogP contribution in [-0.4, -0.2) is 11.5 Å². The molecule has 1 aliphatic carbocycles. The zero-order chi connectivity index (χ0) is 12.1. The molecule has 0 atom stereocenters. The maximum atomic E-state index is 4.45. The molecule has 0 amide bonds. The molecule has 2 rings (SSSR count). The van der Waals surface area contributed by atoms with Gasteiger partial charge in [0, 0.05) is 11.4 Å². The Morgan fingerprint density at radius 1 is 1.35 bits per heavy atom. The highest BCUT2D eigenvalue weighted by molar-refractivity contribution is 7.11. The van der Waals surface area contributed by atoms with Gasteiger partial charge in [0.1, 0.15) is 0 Å². The van der Waals surface area contributed by atoms with E-state index in [9.17, 15) is 0 Å². The zero-order valence-electron chi connectivity index (χ0n) is 10.9. The Labute approximate surface area is 108 Å². The SMILES string of the molecule is Cc1nc(C)c(CNCCC2=CCCCC2)s1. The lowest BCUT2D eigenvalue weighted by molar-refractivity contribution is 0.634. The molecule has 1 aromatic heterocycles. The number of thiazole rings is 1. The van der Waals surface area contributed by atoms with E-state index in [2.05, 4.69) is 30.2 Å². The molecule has 0 aliphatic heterocycles. The number of aryl methyl sites for hydroxylation is 2. The van der Waals surface area contributed by atoms with Gasteiger partial charge in [-0.1, -0.05) is 11.6 Å². The molecule has 3 heteroatoms. The second kappa shape index (κ2) is 6.31. The number of hydrogen-bond donors (Lipinski definition) is 1. The first-order valence-corrected chi connectivity index (χ1v) is 7.39. The number of nitrogens with one attached hydrogen (secondary N) is 1. The molecule has 0 aromatic carbocycles. The largest absolute Gasteiger partial charge is 0.311 e. The van der Waals surface area contributed by atoms with Crippen LogP contribution in [0, 0.1) is 13.8 Å². The molecule has 1 aliphatic rings. The summed E-state index contributed by atoms with van der Waals surface area (Å²) >= 11 is 1.81. The minimum Gasteiger partial charge on any atom is -0.311 e. The van der Waals surface area contributed by atoms with Crippen LogP contribution in [0.25, 0.3) is 0 Å². The van der Waals surface area contributed by atoms with E-state index >= 15 is 0 Å². The topological polar surface area (TPSA) is 24.9 Å². The third-order valence-electron chi connectivity index (χ3n) is 3.29. The van der Waals surface area contributed by atoms with Crippen LogP contribution in [0.2, 0.25) is 0 Å². The first-order valence-electron chi connectivity index (χ1n) is 6.57. The number of nitrogens with zero attached hydrogens (tertiary/aromatic N) is 1. The Bertz CT molecular complexity index is 393. The lowest BCUT2D eigenvalue weighted by atomic mass is 9.97. The first kappa shape index (κ1) is 12.8. The van der Waals surface area contributed by atoms with E-state index in [1.165, 1.54) is 47.7 Å². The van der Waals surface area contributed by atoms with Crippen molar-refractivity contribution in [3.05, 3.63) is 27.2 Å². The van der Waals surface area contributed by atoms with Gasteiger partial charge in [-0.05, 0) is 52.5 Å². The molecule has 1 heterocycles. The van der Waals surface area contributed by atoms with Gasteiger partial charge in [0.25, 0.3) is 0 Å². The Morgan fingerprint density at radius 2 is 2.24 bits per heavy atom. The molecule has 0 fully saturated rings. The van der Waals surface area contributed by atoms with Gasteiger partial charge in [-0.3, -0.25) is 0 Å². The Kier molecular flexibility index (Phi) is 4.75. The molecule has 17 heavy (non-hydrogen) atoms. The van der Waals surface area contributed by atoms with Crippen molar-refractivity contribution >= 4 is 11.3 Å². The monoisotopic (exact) mass is 250 g/mol. The third kappa shape index (κ3) is 3.93. The summed E-state index contributed by atoms with van der Waals surface area (Å²) in [5.74, 6) is 0. The summed E-state index contributed by atoms with van der Waals surface area (Å²) in [5.41, 5.74) is 2.85. The van der Waals surface area contributed by atoms with Gasteiger partial charge < -0.3 is 5.32 Å². The molecule has 0 saturated carbocycles. The van der Waals surface area contributed by atoms with E-state index in [1.807, 2.05) is 11.3 Å². The number of aromatic nitrogens is 1. The van der Waals surface area contributed by atoms with Crippen molar-refractivity contribution < 1.29 is 0 Å². The van der Waals surface area contributed by atoms with Crippen LogP contribution in [0.5, 0.6) is 0 Å². The summed E-state index contributed by atoms with van der Waals surface area (Å²) in [6.45, 7) is 6.25. The predicted molar refractivity (Wildman–Crippen MR) is 74.5 cm³/mol. The van der Waals surface area contributed by atoms with Gasteiger partial charge in [-0.25, -0.2) is 4.98 Å². The van der Waals surface area contributed by atoms with Crippen molar-refractivity contribution in [1.82, 2.24) is 10.3 Å². The quantitative estimate of drug-likeness (QED) is 0.636. The van der Waals surface area contributed by atoms with Crippen molar-refractivity contribution in [2.75, 3.05) is 6.54 Å². The van der Waals surface area contributed by atoms with Crippen molar-refractivity contribution in [2.24, 2.45) is 0 Å². The van der Waals surface area contributed by atoms with E-state index in [0.29, 0.717) is 0 Å². The molecule has 0 unspecified atom stereocenters. The second-order valence-corrected chi connectivity index (χ2v) is 6.06.